The number of nitrogens with zero attached hydrogens (tertiary/aromatic N) is 2. The number of aryl methyl sites for hydroxylation is 1. The Morgan fingerprint density at radius 1 is 1.38 bits per heavy atom. The lowest BCUT2D eigenvalue weighted by atomic mass is 9.90. The summed E-state index contributed by atoms with van der Waals surface area (Å²) in [5.41, 5.74) is 6.82. The molecule has 1 aliphatic rings. The van der Waals surface area contributed by atoms with E-state index in [-0.39, 0.29) is 11.9 Å². The fraction of sp³-hybridized carbons (Fsp3) is 0.500. The van der Waals surface area contributed by atoms with E-state index < -0.39 is 0 Å². The van der Waals surface area contributed by atoms with Crippen molar-refractivity contribution in [1.29, 1.82) is 0 Å². The Hall–Kier alpha value is -2.34. The third kappa shape index (κ3) is 4.07. The van der Waals surface area contributed by atoms with E-state index >= 15 is 0 Å². The summed E-state index contributed by atoms with van der Waals surface area (Å²) in [7, 11) is 1.64. The van der Waals surface area contributed by atoms with Gasteiger partial charge < -0.3 is 19.8 Å². The molecule has 1 aromatic heterocycles. The molecule has 2 atom stereocenters. The molecule has 2 N–H and O–H groups in total. The molecule has 0 bridgehead atoms. The molecule has 2 aromatic rings. The van der Waals surface area contributed by atoms with Crippen molar-refractivity contribution in [1.82, 2.24) is 9.88 Å². The van der Waals surface area contributed by atoms with Gasteiger partial charge in [-0.15, -0.1) is 0 Å². The summed E-state index contributed by atoms with van der Waals surface area (Å²) in [5, 5.41) is 0. The van der Waals surface area contributed by atoms with Gasteiger partial charge in [0.1, 0.15) is 5.75 Å². The SMILES string of the molecule is COc1ccc(-c2cnc(CCC(=O)N3CCCC(C)C3CN)o2)cc1. The normalized spacial score (nSPS) is 20.2. The predicted octanol–water partition coefficient (Wildman–Crippen LogP) is 2.87. The monoisotopic (exact) mass is 357 g/mol. The molecule has 1 aromatic carbocycles. The van der Waals surface area contributed by atoms with Crippen molar-refractivity contribution in [2.24, 2.45) is 11.7 Å². The van der Waals surface area contributed by atoms with Crippen molar-refractivity contribution >= 4 is 5.91 Å². The van der Waals surface area contributed by atoms with Crippen LogP contribution in [-0.4, -0.2) is 42.0 Å². The lowest BCUT2D eigenvalue weighted by Crippen LogP contribution is -2.51. The average molecular weight is 357 g/mol. The van der Waals surface area contributed by atoms with Crippen molar-refractivity contribution in [2.75, 3.05) is 20.2 Å². The Morgan fingerprint density at radius 2 is 2.15 bits per heavy atom. The molecule has 0 aliphatic carbocycles. The summed E-state index contributed by atoms with van der Waals surface area (Å²) in [6, 6.07) is 7.76. The highest BCUT2D eigenvalue weighted by Crippen LogP contribution is 2.25. The molecule has 1 aliphatic heterocycles. The number of carbonyl (C=O) groups is 1. The number of likely N-dealkylation sites (tertiary alicyclic amines) is 1. The standard InChI is InChI=1S/C20H27N3O3/c1-14-4-3-11-23(17(14)12-21)20(24)10-9-19-22-13-18(26-19)15-5-7-16(25-2)8-6-15/h5-8,13-14,17H,3-4,9-12,21H2,1-2H3. The first kappa shape index (κ1) is 18.5. The van der Waals surface area contributed by atoms with E-state index in [1.54, 1.807) is 13.3 Å². The van der Waals surface area contributed by atoms with Gasteiger partial charge >= 0.3 is 0 Å². The zero-order chi connectivity index (χ0) is 18.5. The summed E-state index contributed by atoms with van der Waals surface area (Å²) >= 11 is 0. The Bertz CT molecular complexity index is 726. The highest BCUT2D eigenvalue weighted by Gasteiger charge is 2.30. The number of carbonyl (C=O) groups excluding carboxylic acids is 1. The van der Waals surface area contributed by atoms with E-state index in [0.717, 1.165) is 30.7 Å². The largest absolute Gasteiger partial charge is 0.497 e. The second kappa shape index (κ2) is 8.36. The van der Waals surface area contributed by atoms with E-state index in [4.69, 9.17) is 14.9 Å². The maximum atomic E-state index is 12.6. The fourth-order valence-electron chi connectivity index (χ4n) is 3.59. The van der Waals surface area contributed by atoms with Gasteiger partial charge in [0.05, 0.1) is 13.3 Å². The summed E-state index contributed by atoms with van der Waals surface area (Å²) in [6.45, 7) is 3.49. The van der Waals surface area contributed by atoms with E-state index in [2.05, 4.69) is 11.9 Å². The van der Waals surface area contributed by atoms with Gasteiger partial charge in [-0.3, -0.25) is 4.79 Å². The van der Waals surface area contributed by atoms with Crippen LogP contribution in [0.1, 0.15) is 32.1 Å². The van der Waals surface area contributed by atoms with Crippen LogP contribution < -0.4 is 10.5 Å². The van der Waals surface area contributed by atoms with Crippen LogP contribution in [0.4, 0.5) is 0 Å². The number of oxazole rings is 1. The van der Waals surface area contributed by atoms with E-state index in [0.29, 0.717) is 37.0 Å². The zero-order valence-electron chi connectivity index (χ0n) is 15.5. The Labute approximate surface area is 154 Å². The van der Waals surface area contributed by atoms with Crippen LogP contribution in [0.25, 0.3) is 11.3 Å². The third-order valence-corrected chi connectivity index (χ3v) is 5.16. The maximum absolute atomic E-state index is 12.6. The lowest BCUT2D eigenvalue weighted by molar-refractivity contribution is -0.136. The number of piperidine rings is 1. The minimum absolute atomic E-state index is 0.135. The summed E-state index contributed by atoms with van der Waals surface area (Å²) in [6.07, 6.45) is 4.77. The van der Waals surface area contributed by atoms with Crippen molar-refractivity contribution in [3.05, 3.63) is 36.4 Å². The summed E-state index contributed by atoms with van der Waals surface area (Å²) < 4.78 is 11.0. The Kier molecular flexibility index (Phi) is 5.93. The van der Waals surface area contributed by atoms with Gasteiger partial charge in [0.2, 0.25) is 5.91 Å². The number of amides is 1. The van der Waals surface area contributed by atoms with E-state index in [1.165, 1.54) is 0 Å². The van der Waals surface area contributed by atoms with Gasteiger partial charge in [-0.05, 0) is 43.0 Å². The average Bonchev–Trinajstić information content (AvgIpc) is 3.15. The maximum Gasteiger partial charge on any atom is 0.223 e. The van der Waals surface area contributed by atoms with Gasteiger partial charge in [0.25, 0.3) is 0 Å². The summed E-state index contributed by atoms with van der Waals surface area (Å²) in [4.78, 5) is 18.9. The molecule has 1 saturated heterocycles. The molecule has 1 amide bonds. The minimum Gasteiger partial charge on any atom is -0.497 e. The Balaban J connectivity index is 1.59. The Morgan fingerprint density at radius 3 is 2.85 bits per heavy atom. The van der Waals surface area contributed by atoms with Crippen LogP contribution in [0.3, 0.4) is 0 Å². The number of ether oxygens (including phenoxy) is 1. The number of rotatable bonds is 6. The van der Waals surface area contributed by atoms with Crippen molar-refractivity contribution < 1.29 is 13.9 Å². The van der Waals surface area contributed by atoms with Gasteiger partial charge in [-0.25, -0.2) is 4.98 Å². The number of benzene rings is 1. The van der Waals surface area contributed by atoms with Gasteiger partial charge in [-0.2, -0.15) is 0 Å². The van der Waals surface area contributed by atoms with Crippen LogP contribution in [0.15, 0.2) is 34.9 Å². The molecule has 6 heteroatoms. The number of methoxy groups -OCH3 is 1. The highest BCUT2D eigenvalue weighted by atomic mass is 16.5. The quantitative estimate of drug-likeness (QED) is 0.860. The molecule has 2 heterocycles. The molecule has 0 spiro atoms. The molecular formula is C20H27N3O3. The molecule has 140 valence electrons. The van der Waals surface area contributed by atoms with Crippen LogP contribution in [0, 0.1) is 5.92 Å². The van der Waals surface area contributed by atoms with Crippen LogP contribution in [0.2, 0.25) is 0 Å². The van der Waals surface area contributed by atoms with Gasteiger partial charge in [-0.1, -0.05) is 6.92 Å². The molecule has 3 rings (SSSR count). The molecule has 0 radical (unpaired) electrons. The van der Waals surface area contributed by atoms with Gasteiger partial charge in [0, 0.05) is 37.5 Å². The van der Waals surface area contributed by atoms with Crippen molar-refractivity contribution in [3.63, 3.8) is 0 Å². The molecule has 26 heavy (non-hydrogen) atoms. The molecule has 2 unspecified atom stereocenters. The molecule has 1 fully saturated rings. The topological polar surface area (TPSA) is 81.6 Å². The van der Waals surface area contributed by atoms with Crippen LogP contribution in [-0.2, 0) is 11.2 Å². The first-order chi connectivity index (χ1) is 12.6. The van der Waals surface area contributed by atoms with E-state index in [9.17, 15) is 4.79 Å². The molecule has 6 nitrogen and oxygen atoms in total. The lowest BCUT2D eigenvalue weighted by Gasteiger charge is -2.39. The number of hydrogen-bond donors (Lipinski definition) is 1. The first-order valence-electron chi connectivity index (χ1n) is 9.21. The highest BCUT2D eigenvalue weighted by molar-refractivity contribution is 5.77. The van der Waals surface area contributed by atoms with Crippen molar-refractivity contribution in [3.8, 4) is 17.1 Å². The molecular weight excluding hydrogens is 330 g/mol. The molecule has 0 saturated carbocycles. The zero-order valence-corrected chi connectivity index (χ0v) is 15.5. The fourth-order valence-corrected chi connectivity index (χ4v) is 3.59. The smallest absolute Gasteiger partial charge is 0.223 e. The van der Waals surface area contributed by atoms with E-state index in [1.807, 2.05) is 29.2 Å². The second-order valence-corrected chi connectivity index (χ2v) is 6.86. The number of nitrogens with two attached hydrogens (primary N) is 1. The predicted molar refractivity (Wildman–Crippen MR) is 99.8 cm³/mol. The van der Waals surface area contributed by atoms with Crippen molar-refractivity contribution in [2.45, 2.75) is 38.6 Å². The summed E-state index contributed by atoms with van der Waals surface area (Å²) in [5.74, 6) is 2.67. The third-order valence-electron chi connectivity index (χ3n) is 5.16. The first-order valence-corrected chi connectivity index (χ1v) is 9.21. The van der Waals surface area contributed by atoms with Gasteiger partial charge in [0.15, 0.2) is 11.7 Å². The number of hydrogen-bond acceptors (Lipinski definition) is 5. The van der Waals surface area contributed by atoms with Crippen LogP contribution in [0.5, 0.6) is 5.75 Å². The number of aromatic nitrogens is 1. The van der Waals surface area contributed by atoms with Crippen LogP contribution >= 0.6 is 0 Å². The minimum atomic E-state index is 0.135. The second-order valence-electron chi connectivity index (χ2n) is 6.86.